The zero-order valence-corrected chi connectivity index (χ0v) is 24.9. The van der Waals surface area contributed by atoms with Crippen molar-refractivity contribution in [1.82, 2.24) is 14.9 Å². The number of fused-ring (bicyclic) bond motifs is 5. The maximum atomic E-state index is 15.1. The van der Waals surface area contributed by atoms with Gasteiger partial charge in [-0.1, -0.05) is 20.8 Å². The number of aryl methyl sites for hydroxylation is 1. The highest BCUT2D eigenvalue weighted by molar-refractivity contribution is 5.94. The molecule has 1 aromatic carbocycles. The van der Waals surface area contributed by atoms with Crippen molar-refractivity contribution in [3.8, 4) is 11.4 Å². The molecule has 1 aliphatic heterocycles. The minimum atomic E-state index is -1.68. The number of nitrogens with one attached hydrogen (secondary N) is 1. The maximum Gasteiger partial charge on any atom is 0.254 e. The Morgan fingerprint density at radius 2 is 1.95 bits per heavy atom. The van der Waals surface area contributed by atoms with Crippen molar-refractivity contribution < 1.29 is 19.0 Å². The predicted molar refractivity (Wildman–Crippen MR) is 157 cm³/mol. The number of hydrogen-bond acceptors (Lipinski definition) is 6. The second kappa shape index (κ2) is 9.82. The first-order valence-electron chi connectivity index (χ1n) is 14.9. The molecule has 2 aromatic heterocycles. The second-order valence-electron chi connectivity index (χ2n) is 13.2. The molecule has 0 radical (unpaired) electrons. The van der Waals surface area contributed by atoms with Crippen LogP contribution in [0.3, 0.4) is 0 Å². The largest absolute Gasteiger partial charge is 0.378 e. The molecule has 0 amide bonds. The van der Waals surface area contributed by atoms with Crippen LogP contribution in [0.15, 0.2) is 16.9 Å². The Morgan fingerprint density at radius 1 is 1.20 bits per heavy atom. The molecule has 41 heavy (non-hydrogen) atoms. The Morgan fingerprint density at radius 3 is 2.66 bits per heavy atom. The third kappa shape index (κ3) is 4.37. The molecule has 0 fully saturated rings. The summed E-state index contributed by atoms with van der Waals surface area (Å²) in [7, 11) is 0. The molecule has 0 saturated heterocycles. The standard InChI is InChI=1S/C33H40FN3O4/c1-7-33(40)22-12-26-30-21(14-37(26)31(39)20(22)9-11-27(33)38)29-24(35-15-32(5,6)16-41-17(2)3)10-8-19-18(4)23(34)13-25(36-30)28(19)29/h12-13,17,24,35,40H,7-11,14-16H2,1-6H3/t24-,33-/m0/s1. The number of aliphatic hydroxyl groups is 1. The third-order valence-electron chi connectivity index (χ3n) is 9.39. The number of nitrogens with zero attached hydrogens (tertiary/aromatic N) is 2. The first kappa shape index (κ1) is 28.2. The highest BCUT2D eigenvalue weighted by Gasteiger charge is 2.44. The molecule has 7 nitrogen and oxygen atoms in total. The molecule has 3 aliphatic rings. The van der Waals surface area contributed by atoms with Crippen LogP contribution < -0.4 is 10.9 Å². The lowest BCUT2D eigenvalue weighted by Gasteiger charge is -2.33. The van der Waals surface area contributed by atoms with E-state index in [0.717, 1.165) is 41.5 Å². The van der Waals surface area contributed by atoms with E-state index in [4.69, 9.17) is 9.72 Å². The number of pyridine rings is 2. The van der Waals surface area contributed by atoms with Gasteiger partial charge in [0.25, 0.3) is 5.56 Å². The van der Waals surface area contributed by atoms with E-state index in [9.17, 15) is 14.7 Å². The van der Waals surface area contributed by atoms with Crippen molar-refractivity contribution in [2.24, 2.45) is 5.41 Å². The number of hydrogen-bond donors (Lipinski definition) is 2. The molecule has 2 aliphatic carbocycles. The number of benzene rings is 1. The number of rotatable bonds is 7. The van der Waals surface area contributed by atoms with Crippen molar-refractivity contribution in [1.29, 1.82) is 0 Å². The summed E-state index contributed by atoms with van der Waals surface area (Å²) < 4.78 is 22.8. The third-order valence-corrected chi connectivity index (χ3v) is 9.39. The number of ether oxygens (including phenoxy) is 1. The van der Waals surface area contributed by atoms with Crippen LogP contribution in [0.4, 0.5) is 4.39 Å². The number of aromatic nitrogens is 2. The normalized spacial score (nSPS) is 21.4. The first-order chi connectivity index (χ1) is 19.4. The van der Waals surface area contributed by atoms with Gasteiger partial charge in [0.05, 0.1) is 36.2 Å². The fourth-order valence-corrected chi connectivity index (χ4v) is 6.98. The molecule has 6 rings (SSSR count). The van der Waals surface area contributed by atoms with Crippen molar-refractivity contribution in [2.75, 3.05) is 13.2 Å². The Labute approximate surface area is 240 Å². The van der Waals surface area contributed by atoms with Gasteiger partial charge in [0, 0.05) is 52.6 Å². The molecule has 218 valence electrons. The van der Waals surface area contributed by atoms with Crippen molar-refractivity contribution in [2.45, 2.75) is 97.9 Å². The van der Waals surface area contributed by atoms with E-state index in [1.807, 2.05) is 20.8 Å². The minimum Gasteiger partial charge on any atom is -0.378 e. The summed E-state index contributed by atoms with van der Waals surface area (Å²) in [5.74, 6) is -0.539. The monoisotopic (exact) mass is 561 g/mol. The smallest absolute Gasteiger partial charge is 0.254 e. The van der Waals surface area contributed by atoms with Gasteiger partial charge in [-0.05, 0) is 69.2 Å². The molecule has 3 aromatic rings. The average Bonchev–Trinajstić information content (AvgIpc) is 3.30. The van der Waals surface area contributed by atoms with Crippen LogP contribution in [0.25, 0.3) is 22.3 Å². The van der Waals surface area contributed by atoms with Crippen LogP contribution in [-0.4, -0.2) is 39.7 Å². The molecule has 8 heteroatoms. The van der Waals surface area contributed by atoms with E-state index < -0.39 is 5.60 Å². The van der Waals surface area contributed by atoms with Crippen LogP contribution in [0.5, 0.6) is 0 Å². The lowest BCUT2D eigenvalue weighted by molar-refractivity contribution is -0.140. The predicted octanol–water partition coefficient (Wildman–Crippen LogP) is 5.01. The topological polar surface area (TPSA) is 93.5 Å². The Hall–Kier alpha value is -2.94. The lowest BCUT2D eigenvalue weighted by Crippen LogP contribution is -2.43. The molecular formula is C33H40FN3O4. The van der Waals surface area contributed by atoms with E-state index in [1.54, 1.807) is 17.6 Å². The molecule has 0 bridgehead atoms. The quantitative estimate of drug-likeness (QED) is 0.329. The van der Waals surface area contributed by atoms with Gasteiger partial charge in [-0.25, -0.2) is 9.37 Å². The van der Waals surface area contributed by atoms with E-state index in [2.05, 4.69) is 19.2 Å². The minimum absolute atomic E-state index is 0.00118. The zero-order valence-electron chi connectivity index (χ0n) is 24.9. The summed E-state index contributed by atoms with van der Waals surface area (Å²) in [6.07, 6.45) is 2.36. The maximum absolute atomic E-state index is 15.1. The van der Waals surface area contributed by atoms with Gasteiger partial charge in [0.15, 0.2) is 5.78 Å². The molecule has 0 spiro atoms. The molecular weight excluding hydrogens is 521 g/mol. The molecule has 2 N–H and O–H groups in total. The fraction of sp³-hybridized carbons (Fsp3) is 0.545. The SMILES string of the molecule is CC[C@@]1(O)C(=O)CCc2c1cc1n(c2=O)Cc2c-1nc1cc(F)c(C)c3c1c2[C@@H](NCC(C)(C)COC(C)C)CC3. The molecule has 0 saturated carbocycles. The van der Waals surface area contributed by atoms with Gasteiger partial charge < -0.3 is 19.7 Å². The van der Waals surface area contributed by atoms with Gasteiger partial charge in [-0.15, -0.1) is 0 Å². The van der Waals surface area contributed by atoms with E-state index >= 15 is 4.39 Å². The lowest BCUT2D eigenvalue weighted by atomic mass is 9.77. The van der Waals surface area contributed by atoms with Crippen LogP contribution in [0.1, 0.15) is 93.3 Å². The van der Waals surface area contributed by atoms with Gasteiger partial charge in [-0.3, -0.25) is 9.59 Å². The van der Waals surface area contributed by atoms with E-state index in [0.29, 0.717) is 53.2 Å². The highest BCUT2D eigenvalue weighted by atomic mass is 19.1. The Kier molecular flexibility index (Phi) is 6.75. The molecule has 0 unspecified atom stereocenters. The van der Waals surface area contributed by atoms with Crippen LogP contribution in [0.2, 0.25) is 0 Å². The van der Waals surface area contributed by atoms with Gasteiger partial charge in [0.2, 0.25) is 0 Å². The van der Waals surface area contributed by atoms with Crippen LogP contribution in [-0.2, 0) is 34.5 Å². The highest BCUT2D eigenvalue weighted by Crippen LogP contribution is 2.46. The van der Waals surface area contributed by atoms with Crippen molar-refractivity contribution >= 4 is 16.7 Å². The summed E-state index contributed by atoms with van der Waals surface area (Å²) in [5.41, 5.74) is 4.42. The number of carbonyl (C=O) groups excluding carboxylic acids is 1. The van der Waals surface area contributed by atoms with Gasteiger partial charge in [-0.2, -0.15) is 0 Å². The van der Waals surface area contributed by atoms with E-state index in [-0.39, 0.29) is 47.6 Å². The number of carbonyl (C=O) groups is 1. The fourth-order valence-electron chi connectivity index (χ4n) is 6.98. The summed E-state index contributed by atoms with van der Waals surface area (Å²) >= 11 is 0. The molecule has 2 atom stereocenters. The van der Waals surface area contributed by atoms with Crippen LogP contribution >= 0.6 is 0 Å². The number of halogens is 1. The molecule has 3 heterocycles. The second-order valence-corrected chi connectivity index (χ2v) is 13.2. The summed E-state index contributed by atoms with van der Waals surface area (Å²) in [6, 6.07) is 3.29. The summed E-state index contributed by atoms with van der Waals surface area (Å²) in [5, 5.41) is 16.1. The van der Waals surface area contributed by atoms with Crippen molar-refractivity contribution in [3.63, 3.8) is 0 Å². The van der Waals surface area contributed by atoms with Gasteiger partial charge >= 0.3 is 0 Å². The van der Waals surface area contributed by atoms with Crippen LogP contribution in [0, 0.1) is 18.2 Å². The Balaban J connectivity index is 1.52. The summed E-state index contributed by atoms with van der Waals surface area (Å²) in [6.45, 7) is 13.7. The zero-order chi connectivity index (χ0) is 29.4. The summed E-state index contributed by atoms with van der Waals surface area (Å²) in [4.78, 5) is 31.6. The van der Waals surface area contributed by atoms with E-state index in [1.165, 1.54) is 6.07 Å². The Bertz CT molecular complexity index is 1660. The first-order valence-corrected chi connectivity index (χ1v) is 14.9. The number of Topliss-reactive ketones (excluding diaryl/α,β-unsaturated/α-hetero) is 1. The average molecular weight is 562 g/mol. The van der Waals surface area contributed by atoms with Crippen molar-refractivity contribution in [3.05, 3.63) is 61.7 Å². The van der Waals surface area contributed by atoms with Gasteiger partial charge in [0.1, 0.15) is 11.4 Å². The number of ketones is 1.